The van der Waals surface area contributed by atoms with Gasteiger partial charge in [0.25, 0.3) is 6.43 Å². The first kappa shape index (κ1) is 10.7. The zero-order valence-corrected chi connectivity index (χ0v) is 7.43. The van der Waals surface area contributed by atoms with Crippen LogP contribution in [-0.2, 0) is 0 Å². The Kier molecular flexibility index (Phi) is 3.22. The molecule has 1 aromatic carbocycles. The third-order valence-electron chi connectivity index (χ3n) is 1.64. The Balaban J connectivity index is 3.23. The maximum atomic E-state index is 13.0. The molecule has 1 N–H and O–H groups in total. The summed E-state index contributed by atoms with van der Waals surface area (Å²) in [6, 6.07) is 2.09. The summed E-state index contributed by atoms with van der Waals surface area (Å²) in [5.41, 5.74) is -0.896. The first-order valence-electron chi connectivity index (χ1n) is 4.00. The smallest absolute Gasteiger partial charge is 0.270 e. The van der Waals surface area contributed by atoms with Crippen LogP contribution >= 0.6 is 0 Å². The van der Waals surface area contributed by atoms with Crippen LogP contribution < -0.4 is 4.74 Å². The normalized spacial score (nSPS) is 10.6. The third kappa shape index (κ3) is 1.92. The molecule has 78 valence electrons. The Morgan fingerprint density at radius 2 is 2.07 bits per heavy atom. The molecule has 0 radical (unpaired) electrons. The second-order valence-corrected chi connectivity index (χ2v) is 2.54. The number of alkyl halides is 2. The Morgan fingerprint density at radius 3 is 2.57 bits per heavy atom. The van der Waals surface area contributed by atoms with Crippen LogP contribution in [0, 0.1) is 5.82 Å². The summed E-state index contributed by atoms with van der Waals surface area (Å²) in [6.45, 7) is 1.75. The molecule has 0 aliphatic heterocycles. The van der Waals surface area contributed by atoms with Gasteiger partial charge in [0.05, 0.1) is 12.2 Å². The lowest BCUT2D eigenvalue weighted by molar-refractivity contribution is 0.139. The number of phenols is 1. The van der Waals surface area contributed by atoms with E-state index < -0.39 is 23.6 Å². The SMILES string of the molecule is CCOc1ccc(O)c(F)c1C(F)F. The molecule has 0 bridgehead atoms. The molecular weight excluding hydrogens is 197 g/mol. The zero-order valence-electron chi connectivity index (χ0n) is 7.43. The molecule has 0 amide bonds. The fraction of sp³-hybridized carbons (Fsp3) is 0.333. The first-order valence-corrected chi connectivity index (χ1v) is 4.00. The fourth-order valence-electron chi connectivity index (χ4n) is 1.05. The van der Waals surface area contributed by atoms with Crippen molar-refractivity contribution in [2.45, 2.75) is 13.3 Å². The van der Waals surface area contributed by atoms with Gasteiger partial charge in [-0.05, 0) is 19.1 Å². The van der Waals surface area contributed by atoms with Crippen LogP contribution in [-0.4, -0.2) is 11.7 Å². The van der Waals surface area contributed by atoms with Crippen molar-refractivity contribution in [2.24, 2.45) is 0 Å². The minimum absolute atomic E-state index is 0.157. The Labute approximate surface area is 78.9 Å². The van der Waals surface area contributed by atoms with Gasteiger partial charge in [0.15, 0.2) is 11.6 Å². The molecule has 0 saturated heterocycles. The van der Waals surface area contributed by atoms with E-state index in [0.29, 0.717) is 0 Å². The third-order valence-corrected chi connectivity index (χ3v) is 1.64. The second-order valence-electron chi connectivity index (χ2n) is 2.54. The van der Waals surface area contributed by atoms with Gasteiger partial charge >= 0.3 is 0 Å². The average molecular weight is 206 g/mol. The van der Waals surface area contributed by atoms with Gasteiger partial charge in [-0.3, -0.25) is 0 Å². The number of halogens is 3. The molecular formula is C9H9F3O2. The molecule has 0 saturated carbocycles. The van der Waals surface area contributed by atoms with Gasteiger partial charge in [-0.25, -0.2) is 13.2 Å². The highest BCUT2D eigenvalue weighted by Gasteiger charge is 2.22. The van der Waals surface area contributed by atoms with Crippen molar-refractivity contribution in [3.63, 3.8) is 0 Å². The van der Waals surface area contributed by atoms with Crippen molar-refractivity contribution in [1.29, 1.82) is 0 Å². The number of hydrogen-bond donors (Lipinski definition) is 1. The van der Waals surface area contributed by atoms with Crippen molar-refractivity contribution in [3.8, 4) is 11.5 Å². The lowest BCUT2D eigenvalue weighted by atomic mass is 10.2. The van der Waals surface area contributed by atoms with Gasteiger partial charge in [-0.15, -0.1) is 0 Å². The molecule has 2 nitrogen and oxygen atoms in total. The number of ether oxygens (including phenoxy) is 1. The second kappa shape index (κ2) is 4.21. The molecule has 5 heteroatoms. The standard InChI is InChI=1S/C9H9F3O2/c1-2-14-6-4-3-5(13)8(10)7(6)9(11)12/h3-4,9,13H,2H2,1H3. The number of phenolic OH excluding ortho intramolecular Hbond substituents is 1. The molecule has 0 aliphatic carbocycles. The summed E-state index contributed by atoms with van der Waals surface area (Å²) in [5, 5.41) is 8.88. The number of aromatic hydroxyl groups is 1. The van der Waals surface area contributed by atoms with Gasteiger partial charge in [0, 0.05) is 0 Å². The van der Waals surface area contributed by atoms with Gasteiger partial charge in [-0.1, -0.05) is 0 Å². The lowest BCUT2D eigenvalue weighted by Gasteiger charge is -2.10. The summed E-state index contributed by atoms with van der Waals surface area (Å²) in [4.78, 5) is 0. The van der Waals surface area contributed by atoms with Crippen molar-refractivity contribution >= 4 is 0 Å². The molecule has 0 fully saturated rings. The maximum absolute atomic E-state index is 13.0. The summed E-state index contributed by atoms with van der Waals surface area (Å²) in [5.74, 6) is -2.37. The number of benzene rings is 1. The van der Waals surface area contributed by atoms with Gasteiger partial charge < -0.3 is 9.84 Å². The first-order chi connectivity index (χ1) is 6.57. The van der Waals surface area contributed by atoms with Gasteiger partial charge in [0.2, 0.25) is 0 Å². The summed E-state index contributed by atoms with van der Waals surface area (Å²) in [6.07, 6.45) is -3.01. The van der Waals surface area contributed by atoms with E-state index in [1.54, 1.807) is 6.92 Å². The van der Waals surface area contributed by atoms with Crippen LogP contribution in [0.4, 0.5) is 13.2 Å². The van der Waals surface area contributed by atoms with Crippen molar-refractivity contribution < 1.29 is 23.0 Å². The van der Waals surface area contributed by atoms with E-state index >= 15 is 0 Å². The summed E-state index contributed by atoms with van der Waals surface area (Å²) in [7, 11) is 0. The zero-order chi connectivity index (χ0) is 10.7. The van der Waals surface area contributed by atoms with E-state index in [1.807, 2.05) is 0 Å². The van der Waals surface area contributed by atoms with E-state index in [-0.39, 0.29) is 12.4 Å². The maximum Gasteiger partial charge on any atom is 0.270 e. The highest BCUT2D eigenvalue weighted by molar-refractivity contribution is 5.42. The minimum Gasteiger partial charge on any atom is -0.505 e. The van der Waals surface area contributed by atoms with E-state index in [0.717, 1.165) is 12.1 Å². The molecule has 0 heterocycles. The molecule has 0 aliphatic rings. The average Bonchev–Trinajstić information content (AvgIpc) is 2.11. The topological polar surface area (TPSA) is 29.5 Å². The Bertz CT molecular complexity index is 326. The Morgan fingerprint density at radius 1 is 1.43 bits per heavy atom. The summed E-state index contributed by atoms with van der Waals surface area (Å²) >= 11 is 0. The van der Waals surface area contributed by atoms with E-state index in [4.69, 9.17) is 9.84 Å². The number of hydrogen-bond acceptors (Lipinski definition) is 2. The molecule has 0 spiro atoms. The van der Waals surface area contributed by atoms with Gasteiger partial charge in [-0.2, -0.15) is 0 Å². The predicted molar refractivity (Wildman–Crippen MR) is 44.2 cm³/mol. The highest BCUT2D eigenvalue weighted by atomic mass is 19.3. The quantitative estimate of drug-likeness (QED) is 0.823. The van der Waals surface area contributed by atoms with E-state index in [1.165, 1.54) is 0 Å². The van der Waals surface area contributed by atoms with Crippen molar-refractivity contribution in [1.82, 2.24) is 0 Å². The Hall–Kier alpha value is -1.39. The van der Waals surface area contributed by atoms with Crippen LogP contribution in [0.25, 0.3) is 0 Å². The van der Waals surface area contributed by atoms with Crippen LogP contribution in [0.5, 0.6) is 11.5 Å². The summed E-state index contributed by atoms with van der Waals surface area (Å²) < 4.78 is 42.6. The monoisotopic (exact) mass is 206 g/mol. The molecule has 0 atom stereocenters. The van der Waals surface area contributed by atoms with Crippen LogP contribution in [0.15, 0.2) is 12.1 Å². The molecule has 0 unspecified atom stereocenters. The molecule has 1 aromatic rings. The largest absolute Gasteiger partial charge is 0.505 e. The lowest BCUT2D eigenvalue weighted by Crippen LogP contribution is -2.00. The minimum atomic E-state index is -3.01. The molecule has 1 rings (SSSR count). The molecule has 14 heavy (non-hydrogen) atoms. The van der Waals surface area contributed by atoms with Gasteiger partial charge in [0.1, 0.15) is 5.75 Å². The fourth-order valence-corrected chi connectivity index (χ4v) is 1.05. The van der Waals surface area contributed by atoms with Crippen LogP contribution in [0.1, 0.15) is 18.9 Å². The molecule has 0 aromatic heterocycles. The highest BCUT2D eigenvalue weighted by Crippen LogP contribution is 2.35. The van der Waals surface area contributed by atoms with Crippen molar-refractivity contribution in [2.75, 3.05) is 6.61 Å². The number of rotatable bonds is 3. The van der Waals surface area contributed by atoms with E-state index in [9.17, 15) is 13.2 Å². The van der Waals surface area contributed by atoms with Crippen molar-refractivity contribution in [3.05, 3.63) is 23.5 Å². The predicted octanol–water partition coefficient (Wildman–Crippen LogP) is 2.87. The van der Waals surface area contributed by atoms with E-state index in [2.05, 4.69) is 0 Å². The van der Waals surface area contributed by atoms with Crippen LogP contribution in [0.3, 0.4) is 0 Å². The van der Waals surface area contributed by atoms with Crippen LogP contribution in [0.2, 0.25) is 0 Å².